The summed E-state index contributed by atoms with van der Waals surface area (Å²) in [6.07, 6.45) is 3.71. The number of aryl methyl sites for hydroxylation is 1. The molecule has 0 unspecified atom stereocenters. The first kappa shape index (κ1) is 15.4. The van der Waals surface area contributed by atoms with Crippen LogP contribution in [0.5, 0.6) is 5.75 Å². The Morgan fingerprint density at radius 1 is 1.14 bits per heavy atom. The summed E-state index contributed by atoms with van der Waals surface area (Å²) in [5.74, 6) is -0.00106. The first-order valence-corrected chi connectivity index (χ1v) is 6.93. The van der Waals surface area contributed by atoms with Crippen LogP contribution in [0.15, 0.2) is 36.7 Å². The number of phenolic OH excluding ortho intramolecular Hbond substituents is 1. The minimum Gasteiger partial charge on any atom is -0.508 e. The van der Waals surface area contributed by atoms with Crippen LogP contribution in [0.1, 0.15) is 12.0 Å². The zero-order valence-corrected chi connectivity index (χ0v) is 12.4. The van der Waals surface area contributed by atoms with E-state index in [2.05, 4.69) is 15.8 Å². The molecule has 0 spiro atoms. The minimum atomic E-state index is -0.202. The van der Waals surface area contributed by atoms with Gasteiger partial charge in [-0.2, -0.15) is 0 Å². The van der Waals surface area contributed by atoms with Crippen molar-refractivity contribution >= 4 is 34.8 Å². The number of carbonyl (C=O) groups is 1. The maximum absolute atomic E-state index is 11.8. The first-order chi connectivity index (χ1) is 10.1. The number of aromatic hydroxyl groups is 1. The Bertz CT molecular complexity index is 612. The normalized spacial score (nSPS) is 10.2. The van der Waals surface area contributed by atoms with E-state index in [-0.39, 0.29) is 18.1 Å². The van der Waals surface area contributed by atoms with Crippen LogP contribution in [0.3, 0.4) is 0 Å². The molecule has 0 aliphatic heterocycles. The van der Waals surface area contributed by atoms with Crippen LogP contribution in [0.2, 0.25) is 10.0 Å². The van der Waals surface area contributed by atoms with E-state index < -0.39 is 0 Å². The number of rotatable bonds is 5. The molecule has 0 saturated heterocycles. The predicted molar refractivity (Wildman–Crippen MR) is 82.5 cm³/mol. The van der Waals surface area contributed by atoms with Crippen LogP contribution in [0.25, 0.3) is 0 Å². The fourth-order valence-corrected chi connectivity index (χ4v) is 2.11. The third-order valence-corrected chi connectivity index (χ3v) is 3.33. The van der Waals surface area contributed by atoms with Crippen LogP contribution < -0.4 is 10.9 Å². The molecule has 0 saturated carbocycles. The fraction of sp³-hybridized carbons (Fsp3) is 0.143. The summed E-state index contributed by atoms with van der Waals surface area (Å²) in [5, 5.41) is 9.82. The maximum atomic E-state index is 11.8. The van der Waals surface area contributed by atoms with Gasteiger partial charge >= 0.3 is 0 Å². The molecule has 7 heteroatoms. The molecule has 2 aromatic rings. The number of nitrogens with zero attached hydrogens (tertiary/aromatic N) is 1. The van der Waals surface area contributed by atoms with Crippen molar-refractivity contribution in [3.05, 3.63) is 52.3 Å². The highest BCUT2D eigenvalue weighted by Crippen LogP contribution is 2.27. The van der Waals surface area contributed by atoms with Gasteiger partial charge in [0.05, 0.1) is 15.7 Å². The van der Waals surface area contributed by atoms with E-state index in [1.54, 1.807) is 24.3 Å². The zero-order chi connectivity index (χ0) is 15.2. The molecule has 0 atom stereocenters. The SMILES string of the molecule is O=C(CCc1ccc(O)cc1)NNc1c(Cl)cncc1Cl. The topological polar surface area (TPSA) is 74.2 Å². The number of hydrogen-bond donors (Lipinski definition) is 3. The molecule has 1 amide bonds. The summed E-state index contributed by atoms with van der Waals surface area (Å²) in [4.78, 5) is 15.6. The van der Waals surface area contributed by atoms with Crippen LogP contribution in [-0.4, -0.2) is 16.0 Å². The molecule has 3 N–H and O–H groups in total. The highest BCUT2D eigenvalue weighted by molar-refractivity contribution is 6.38. The van der Waals surface area contributed by atoms with E-state index >= 15 is 0 Å². The highest BCUT2D eigenvalue weighted by Gasteiger charge is 2.07. The molecule has 0 aliphatic carbocycles. The molecule has 0 radical (unpaired) electrons. The number of phenols is 1. The first-order valence-electron chi connectivity index (χ1n) is 6.18. The quantitative estimate of drug-likeness (QED) is 0.738. The van der Waals surface area contributed by atoms with Gasteiger partial charge in [-0.05, 0) is 24.1 Å². The van der Waals surface area contributed by atoms with Crippen molar-refractivity contribution in [3.8, 4) is 5.75 Å². The van der Waals surface area contributed by atoms with E-state index in [1.165, 1.54) is 12.4 Å². The lowest BCUT2D eigenvalue weighted by atomic mass is 10.1. The lowest BCUT2D eigenvalue weighted by molar-refractivity contribution is -0.120. The highest BCUT2D eigenvalue weighted by atomic mass is 35.5. The third-order valence-electron chi connectivity index (χ3n) is 2.76. The summed E-state index contributed by atoms with van der Waals surface area (Å²) in [6.45, 7) is 0. The fourth-order valence-electron chi connectivity index (χ4n) is 1.65. The Morgan fingerprint density at radius 2 is 1.76 bits per heavy atom. The number of carbonyl (C=O) groups excluding carboxylic acids is 1. The van der Waals surface area contributed by atoms with Gasteiger partial charge in [0.25, 0.3) is 0 Å². The third kappa shape index (κ3) is 4.51. The molecular formula is C14H13Cl2N3O2. The second-order valence-electron chi connectivity index (χ2n) is 4.32. The summed E-state index contributed by atoms with van der Waals surface area (Å²) < 4.78 is 0. The zero-order valence-electron chi connectivity index (χ0n) is 10.9. The van der Waals surface area contributed by atoms with Crippen molar-refractivity contribution in [2.24, 2.45) is 0 Å². The number of aromatic nitrogens is 1. The summed E-state index contributed by atoms with van der Waals surface area (Å²) in [7, 11) is 0. The average molecular weight is 326 g/mol. The van der Waals surface area contributed by atoms with Crippen LogP contribution in [0.4, 0.5) is 5.69 Å². The Kier molecular flexibility index (Phi) is 5.25. The Labute approximate surface area is 131 Å². The van der Waals surface area contributed by atoms with Crippen LogP contribution >= 0.6 is 23.2 Å². The standard InChI is InChI=1S/C14H13Cl2N3O2/c15-11-7-17-8-12(16)14(11)19-18-13(21)6-3-9-1-4-10(20)5-2-9/h1-2,4-5,7-8,20H,3,6H2,(H,17,19)(H,18,21). The van der Waals surface area contributed by atoms with Gasteiger partial charge in [-0.15, -0.1) is 0 Å². The Balaban J connectivity index is 1.84. The van der Waals surface area contributed by atoms with E-state index in [4.69, 9.17) is 23.2 Å². The lowest BCUT2D eigenvalue weighted by Gasteiger charge is -2.11. The van der Waals surface area contributed by atoms with E-state index in [9.17, 15) is 9.90 Å². The summed E-state index contributed by atoms with van der Waals surface area (Å²) in [5.41, 5.74) is 6.58. The van der Waals surface area contributed by atoms with Gasteiger partial charge in [0.2, 0.25) is 5.91 Å². The van der Waals surface area contributed by atoms with Crippen molar-refractivity contribution in [3.63, 3.8) is 0 Å². The van der Waals surface area contributed by atoms with Gasteiger partial charge < -0.3 is 5.11 Å². The van der Waals surface area contributed by atoms with Gasteiger partial charge in [-0.3, -0.25) is 20.6 Å². The molecule has 0 bridgehead atoms. The maximum Gasteiger partial charge on any atom is 0.238 e. The second kappa shape index (κ2) is 7.15. The lowest BCUT2D eigenvalue weighted by Crippen LogP contribution is -2.29. The number of benzene rings is 1. The number of halogens is 2. The van der Waals surface area contributed by atoms with Crippen molar-refractivity contribution < 1.29 is 9.90 Å². The number of pyridine rings is 1. The van der Waals surface area contributed by atoms with Crippen molar-refractivity contribution in [1.29, 1.82) is 0 Å². The molecule has 0 fully saturated rings. The molecule has 0 aliphatic rings. The van der Waals surface area contributed by atoms with Crippen LogP contribution in [0, 0.1) is 0 Å². The molecule has 1 heterocycles. The predicted octanol–water partition coefficient (Wildman–Crippen LogP) is 3.17. The number of hydrazine groups is 1. The molecule has 21 heavy (non-hydrogen) atoms. The summed E-state index contributed by atoms with van der Waals surface area (Å²) in [6, 6.07) is 6.71. The molecule has 1 aromatic carbocycles. The van der Waals surface area contributed by atoms with E-state index in [0.717, 1.165) is 5.56 Å². The van der Waals surface area contributed by atoms with Gasteiger partial charge in [0.1, 0.15) is 5.75 Å². The van der Waals surface area contributed by atoms with Gasteiger partial charge in [0.15, 0.2) is 0 Å². The van der Waals surface area contributed by atoms with E-state index in [1.807, 2.05) is 0 Å². The molecular weight excluding hydrogens is 313 g/mol. The Hall–Kier alpha value is -1.98. The molecule has 5 nitrogen and oxygen atoms in total. The monoisotopic (exact) mass is 325 g/mol. The largest absolute Gasteiger partial charge is 0.508 e. The van der Waals surface area contributed by atoms with Gasteiger partial charge in [-0.25, -0.2) is 0 Å². The smallest absolute Gasteiger partial charge is 0.238 e. The van der Waals surface area contributed by atoms with Gasteiger partial charge in [0, 0.05) is 18.8 Å². The van der Waals surface area contributed by atoms with E-state index in [0.29, 0.717) is 22.2 Å². The van der Waals surface area contributed by atoms with Gasteiger partial charge in [-0.1, -0.05) is 35.3 Å². The Morgan fingerprint density at radius 3 is 2.38 bits per heavy atom. The molecule has 2 rings (SSSR count). The average Bonchev–Trinajstić information content (AvgIpc) is 2.46. The number of nitrogens with one attached hydrogen (secondary N) is 2. The number of hydrogen-bond acceptors (Lipinski definition) is 4. The molecule has 110 valence electrons. The van der Waals surface area contributed by atoms with Crippen LogP contribution in [-0.2, 0) is 11.2 Å². The summed E-state index contributed by atoms with van der Waals surface area (Å²) >= 11 is 11.8. The minimum absolute atomic E-state index is 0.201. The number of amides is 1. The van der Waals surface area contributed by atoms with Crippen molar-refractivity contribution in [1.82, 2.24) is 10.4 Å². The van der Waals surface area contributed by atoms with Crippen molar-refractivity contribution in [2.45, 2.75) is 12.8 Å². The molecule has 1 aromatic heterocycles. The van der Waals surface area contributed by atoms with Crippen molar-refractivity contribution in [2.75, 3.05) is 5.43 Å². The number of anilines is 1. The second-order valence-corrected chi connectivity index (χ2v) is 5.13.